The number of benzene rings is 2. The van der Waals surface area contributed by atoms with Gasteiger partial charge in [-0.1, -0.05) is 0 Å². The number of anilines is 1. The van der Waals surface area contributed by atoms with Gasteiger partial charge in [0.05, 0.1) is 25.8 Å². The minimum absolute atomic E-state index is 0.0643. The van der Waals surface area contributed by atoms with Crippen molar-refractivity contribution in [3.63, 3.8) is 0 Å². The van der Waals surface area contributed by atoms with E-state index in [1.54, 1.807) is 25.1 Å². The molecule has 3 rings (SSSR count). The number of hydrogen-bond acceptors (Lipinski definition) is 4. The van der Waals surface area contributed by atoms with Crippen LogP contribution >= 0.6 is 11.3 Å². The lowest BCUT2D eigenvalue weighted by molar-refractivity contribution is 0.598. The summed E-state index contributed by atoms with van der Waals surface area (Å²) in [5.41, 5.74) is 1.66. The highest BCUT2D eigenvalue weighted by atomic mass is 32.2. The lowest BCUT2D eigenvalue weighted by Crippen LogP contribution is -2.14. The zero-order valence-electron chi connectivity index (χ0n) is 11.9. The number of fused-ring (bicyclic) bond motifs is 1. The van der Waals surface area contributed by atoms with Gasteiger partial charge in [0.25, 0.3) is 10.0 Å². The quantitative estimate of drug-likeness (QED) is 0.790. The Morgan fingerprint density at radius 3 is 2.64 bits per heavy atom. The van der Waals surface area contributed by atoms with Gasteiger partial charge in [-0.25, -0.2) is 17.8 Å². The molecule has 0 aliphatic rings. The first-order chi connectivity index (χ1) is 10.3. The number of rotatable bonds is 3. The molecule has 0 unspecified atom stereocenters. The van der Waals surface area contributed by atoms with Crippen LogP contribution in [0.1, 0.15) is 10.6 Å². The minimum atomic E-state index is -3.76. The summed E-state index contributed by atoms with van der Waals surface area (Å²) in [4.78, 5) is 4.40. The predicted molar refractivity (Wildman–Crippen MR) is 86.3 cm³/mol. The third-order valence-electron chi connectivity index (χ3n) is 3.17. The van der Waals surface area contributed by atoms with E-state index in [2.05, 4.69) is 9.71 Å². The Hall–Kier alpha value is -1.99. The lowest BCUT2D eigenvalue weighted by atomic mass is 10.2. The molecule has 3 aromatic rings. The van der Waals surface area contributed by atoms with Crippen molar-refractivity contribution in [1.82, 2.24) is 4.98 Å². The molecule has 1 aromatic heterocycles. The van der Waals surface area contributed by atoms with Gasteiger partial charge in [0.2, 0.25) is 0 Å². The lowest BCUT2D eigenvalue weighted by Gasteiger charge is -2.10. The van der Waals surface area contributed by atoms with E-state index in [1.807, 2.05) is 6.92 Å². The molecule has 0 amide bonds. The standard InChI is InChI=1S/C15H13FN2O2S2/c1-9-7-11(16)3-6-15(9)22(19,20)18-12-4-5-13-14(8-12)21-10(2)17-13/h3-8,18H,1-2H3. The van der Waals surface area contributed by atoms with Crippen LogP contribution < -0.4 is 4.72 Å². The second-order valence-electron chi connectivity index (χ2n) is 4.93. The van der Waals surface area contributed by atoms with Crippen LogP contribution in [0.25, 0.3) is 10.2 Å². The van der Waals surface area contributed by atoms with Gasteiger partial charge in [0.15, 0.2) is 0 Å². The van der Waals surface area contributed by atoms with Crippen molar-refractivity contribution in [3.8, 4) is 0 Å². The normalized spacial score (nSPS) is 11.8. The highest BCUT2D eigenvalue weighted by Gasteiger charge is 2.17. The van der Waals surface area contributed by atoms with Crippen LogP contribution in [0.2, 0.25) is 0 Å². The molecule has 114 valence electrons. The van der Waals surface area contributed by atoms with Gasteiger partial charge < -0.3 is 0 Å². The van der Waals surface area contributed by atoms with Crippen molar-refractivity contribution in [3.05, 3.63) is 52.8 Å². The maximum absolute atomic E-state index is 13.1. The van der Waals surface area contributed by atoms with Crippen molar-refractivity contribution < 1.29 is 12.8 Å². The van der Waals surface area contributed by atoms with E-state index in [1.165, 1.54) is 23.5 Å². The van der Waals surface area contributed by atoms with Gasteiger partial charge in [0, 0.05) is 0 Å². The number of aryl methyl sites for hydroxylation is 2. The molecule has 0 bridgehead atoms. The van der Waals surface area contributed by atoms with Gasteiger partial charge in [-0.05, 0) is 55.8 Å². The van der Waals surface area contributed by atoms with Crippen LogP contribution in [0.15, 0.2) is 41.3 Å². The molecule has 4 nitrogen and oxygen atoms in total. The molecule has 1 N–H and O–H groups in total. The van der Waals surface area contributed by atoms with Gasteiger partial charge in [0.1, 0.15) is 5.82 Å². The molecule has 0 atom stereocenters. The first kappa shape index (κ1) is 14.9. The van der Waals surface area contributed by atoms with Crippen LogP contribution in [0.4, 0.5) is 10.1 Å². The molecular weight excluding hydrogens is 323 g/mol. The van der Waals surface area contributed by atoms with Crippen LogP contribution in [0, 0.1) is 19.7 Å². The molecule has 0 aliphatic heterocycles. The fourth-order valence-corrected chi connectivity index (χ4v) is 4.37. The Kier molecular flexibility index (Phi) is 3.62. The summed E-state index contributed by atoms with van der Waals surface area (Å²) >= 11 is 1.50. The highest BCUT2D eigenvalue weighted by molar-refractivity contribution is 7.92. The summed E-state index contributed by atoms with van der Waals surface area (Å²) in [5.74, 6) is -0.460. The zero-order chi connectivity index (χ0) is 15.9. The average molecular weight is 336 g/mol. The summed E-state index contributed by atoms with van der Waals surface area (Å²) < 4.78 is 41.4. The van der Waals surface area contributed by atoms with E-state index >= 15 is 0 Å². The second kappa shape index (κ2) is 5.33. The van der Waals surface area contributed by atoms with Crippen molar-refractivity contribution in [2.45, 2.75) is 18.7 Å². The fraction of sp³-hybridized carbons (Fsp3) is 0.133. The molecule has 0 aliphatic carbocycles. The molecule has 0 spiro atoms. The highest BCUT2D eigenvalue weighted by Crippen LogP contribution is 2.26. The van der Waals surface area contributed by atoms with Crippen molar-refractivity contribution in [2.24, 2.45) is 0 Å². The van der Waals surface area contributed by atoms with Crippen molar-refractivity contribution in [1.29, 1.82) is 0 Å². The van der Waals surface area contributed by atoms with Gasteiger partial charge in [-0.15, -0.1) is 11.3 Å². The molecule has 7 heteroatoms. The summed E-state index contributed by atoms with van der Waals surface area (Å²) in [7, 11) is -3.76. The largest absolute Gasteiger partial charge is 0.280 e. The maximum Gasteiger partial charge on any atom is 0.262 e. The molecular formula is C15H13FN2O2S2. The second-order valence-corrected chi connectivity index (χ2v) is 7.82. The summed E-state index contributed by atoms with van der Waals surface area (Å²) in [6, 6.07) is 8.78. The Balaban J connectivity index is 1.98. The van der Waals surface area contributed by atoms with E-state index < -0.39 is 15.8 Å². The van der Waals surface area contributed by atoms with E-state index in [-0.39, 0.29) is 4.90 Å². The van der Waals surface area contributed by atoms with Gasteiger partial charge in [-0.2, -0.15) is 0 Å². The monoisotopic (exact) mass is 336 g/mol. The SMILES string of the molecule is Cc1nc2ccc(NS(=O)(=O)c3ccc(F)cc3C)cc2s1. The van der Waals surface area contributed by atoms with Gasteiger partial charge in [-0.3, -0.25) is 4.72 Å². The maximum atomic E-state index is 13.1. The number of nitrogens with zero attached hydrogens (tertiary/aromatic N) is 1. The van der Waals surface area contributed by atoms with E-state index in [9.17, 15) is 12.8 Å². The smallest absolute Gasteiger partial charge is 0.262 e. The number of aromatic nitrogens is 1. The summed E-state index contributed by atoms with van der Waals surface area (Å²) in [5, 5.41) is 0.921. The molecule has 2 aromatic carbocycles. The molecule has 0 saturated heterocycles. The topological polar surface area (TPSA) is 59.1 Å². The number of hydrogen-bond donors (Lipinski definition) is 1. The minimum Gasteiger partial charge on any atom is -0.280 e. The van der Waals surface area contributed by atoms with Crippen molar-refractivity contribution in [2.75, 3.05) is 4.72 Å². The van der Waals surface area contributed by atoms with Crippen molar-refractivity contribution >= 4 is 37.3 Å². The first-order valence-electron chi connectivity index (χ1n) is 6.51. The third kappa shape index (κ3) is 2.82. The third-order valence-corrected chi connectivity index (χ3v) is 5.65. The molecule has 0 radical (unpaired) electrons. The summed E-state index contributed by atoms with van der Waals surface area (Å²) in [6.45, 7) is 3.46. The molecule has 0 saturated carbocycles. The fourth-order valence-electron chi connectivity index (χ4n) is 2.23. The van der Waals surface area contributed by atoms with E-state index in [0.29, 0.717) is 11.3 Å². The van der Waals surface area contributed by atoms with Gasteiger partial charge >= 0.3 is 0 Å². The Bertz CT molecular complexity index is 965. The van der Waals surface area contributed by atoms with E-state index in [4.69, 9.17) is 0 Å². The first-order valence-corrected chi connectivity index (χ1v) is 8.81. The van der Waals surface area contributed by atoms with Crippen LogP contribution in [-0.2, 0) is 10.0 Å². The Morgan fingerprint density at radius 2 is 1.91 bits per heavy atom. The zero-order valence-corrected chi connectivity index (χ0v) is 13.6. The van der Waals surface area contributed by atoms with Crippen LogP contribution in [-0.4, -0.2) is 13.4 Å². The number of thiazole rings is 1. The predicted octanol–water partition coefficient (Wildman–Crippen LogP) is 3.85. The summed E-state index contributed by atoms with van der Waals surface area (Å²) in [6.07, 6.45) is 0. The Morgan fingerprint density at radius 1 is 1.14 bits per heavy atom. The molecule has 0 fully saturated rings. The average Bonchev–Trinajstić information content (AvgIpc) is 2.77. The number of halogens is 1. The Labute approximate surface area is 131 Å². The van der Waals surface area contributed by atoms with Crippen LogP contribution in [0.5, 0.6) is 0 Å². The molecule has 1 heterocycles. The van der Waals surface area contributed by atoms with Crippen LogP contribution in [0.3, 0.4) is 0 Å². The number of sulfonamides is 1. The molecule has 22 heavy (non-hydrogen) atoms. The van der Waals surface area contributed by atoms with E-state index in [0.717, 1.165) is 21.3 Å². The number of nitrogens with one attached hydrogen (secondary N) is 1.